The number of morpholine rings is 1. The van der Waals surface area contributed by atoms with E-state index in [0.717, 1.165) is 33.9 Å². The first-order valence-electron chi connectivity index (χ1n) is 9.85. The Labute approximate surface area is 199 Å². The molecule has 1 amide bonds. The van der Waals surface area contributed by atoms with Crippen molar-refractivity contribution in [1.29, 1.82) is 0 Å². The van der Waals surface area contributed by atoms with Crippen LogP contribution in [0.4, 0.5) is 24.5 Å². The SMILES string of the molecule is O=C(CSc1nnc(-c2ccc(Br)cc2)o1)Nc1ccc(C(F)(F)F)cc1N1CCOCC1. The fourth-order valence-electron chi connectivity index (χ4n) is 3.17. The maximum atomic E-state index is 13.2. The third-order valence-electron chi connectivity index (χ3n) is 4.78. The molecule has 0 atom stereocenters. The number of thioether (sulfide) groups is 1. The number of anilines is 2. The fraction of sp³-hybridized carbons (Fsp3) is 0.286. The number of ether oxygens (including phenoxy) is 1. The molecule has 1 aromatic heterocycles. The highest BCUT2D eigenvalue weighted by atomic mass is 79.9. The van der Waals surface area contributed by atoms with Crippen LogP contribution in [0.3, 0.4) is 0 Å². The van der Waals surface area contributed by atoms with E-state index in [1.54, 1.807) is 4.90 Å². The lowest BCUT2D eigenvalue weighted by molar-refractivity contribution is -0.137. The van der Waals surface area contributed by atoms with Gasteiger partial charge in [0.05, 0.1) is 35.9 Å². The number of benzene rings is 2. The molecule has 4 rings (SSSR count). The van der Waals surface area contributed by atoms with Crippen LogP contribution in [0.5, 0.6) is 0 Å². The molecule has 1 aliphatic heterocycles. The van der Waals surface area contributed by atoms with Crippen LogP contribution in [0.1, 0.15) is 5.56 Å². The van der Waals surface area contributed by atoms with Gasteiger partial charge in [-0.15, -0.1) is 10.2 Å². The number of hydrogen-bond donors (Lipinski definition) is 1. The third-order valence-corrected chi connectivity index (χ3v) is 6.12. The van der Waals surface area contributed by atoms with Crippen molar-refractivity contribution in [3.63, 3.8) is 0 Å². The first-order valence-corrected chi connectivity index (χ1v) is 11.6. The van der Waals surface area contributed by atoms with Gasteiger partial charge in [-0.05, 0) is 42.5 Å². The first kappa shape index (κ1) is 23.6. The Kier molecular flexibility index (Phi) is 7.25. The zero-order valence-electron chi connectivity index (χ0n) is 17.1. The van der Waals surface area contributed by atoms with E-state index in [-0.39, 0.29) is 11.0 Å². The molecule has 1 fully saturated rings. The molecular weight excluding hydrogens is 525 g/mol. The summed E-state index contributed by atoms with van der Waals surface area (Å²) >= 11 is 4.40. The molecule has 0 radical (unpaired) electrons. The molecule has 3 aromatic rings. The first-order chi connectivity index (χ1) is 15.8. The Hall–Kier alpha value is -2.57. The van der Waals surface area contributed by atoms with Gasteiger partial charge in [0.2, 0.25) is 11.8 Å². The average Bonchev–Trinajstić information content (AvgIpc) is 3.27. The van der Waals surface area contributed by atoms with E-state index >= 15 is 0 Å². The molecule has 0 unspecified atom stereocenters. The van der Waals surface area contributed by atoms with Crippen molar-refractivity contribution < 1.29 is 27.1 Å². The second kappa shape index (κ2) is 10.1. The number of amides is 1. The predicted octanol–water partition coefficient (Wildman–Crippen LogP) is 5.09. The summed E-state index contributed by atoms with van der Waals surface area (Å²) in [6, 6.07) is 10.6. The second-order valence-electron chi connectivity index (χ2n) is 7.05. The highest BCUT2D eigenvalue weighted by Gasteiger charge is 2.32. The molecule has 12 heteroatoms. The fourth-order valence-corrected chi connectivity index (χ4v) is 4.00. The Morgan fingerprint density at radius 3 is 2.55 bits per heavy atom. The molecule has 0 spiro atoms. The third kappa shape index (κ3) is 6.06. The van der Waals surface area contributed by atoms with Crippen LogP contribution in [0.2, 0.25) is 0 Å². The number of carbonyl (C=O) groups is 1. The van der Waals surface area contributed by atoms with Gasteiger partial charge in [0.1, 0.15) is 0 Å². The smallest absolute Gasteiger partial charge is 0.411 e. The van der Waals surface area contributed by atoms with Gasteiger partial charge in [0.25, 0.3) is 5.22 Å². The predicted molar refractivity (Wildman–Crippen MR) is 121 cm³/mol. The number of carbonyl (C=O) groups excluding carboxylic acids is 1. The van der Waals surface area contributed by atoms with Crippen molar-refractivity contribution in [2.45, 2.75) is 11.4 Å². The van der Waals surface area contributed by atoms with Gasteiger partial charge in [0, 0.05) is 23.1 Å². The van der Waals surface area contributed by atoms with Gasteiger partial charge in [0.15, 0.2) is 0 Å². The monoisotopic (exact) mass is 542 g/mol. The highest BCUT2D eigenvalue weighted by molar-refractivity contribution is 9.10. The Bertz CT molecular complexity index is 1120. The highest BCUT2D eigenvalue weighted by Crippen LogP contribution is 2.36. The van der Waals surface area contributed by atoms with Crippen LogP contribution in [0.25, 0.3) is 11.5 Å². The number of rotatable bonds is 6. The van der Waals surface area contributed by atoms with Gasteiger partial charge in [-0.2, -0.15) is 13.2 Å². The Morgan fingerprint density at radius 1 is 1.12 bits per heavy atom. The van der Waals surface area contributed by atoms with Crippen LogP contribution < -0.4 is 10.2 Å². The molecule has 1 saturated heterocycles. The van der Waals surface area contributed by atoms with Crippen LogP contribution >= 0.6 is 27.7 Å². The zero-order chi connectivity index (χ0) is 23.4. The lowest BCUT2D eigenvalue weighted by Crippen LogP contribution is -2.37. The summed E-state index contributed by atoms with van der Waals surface area (Å²) in [5.74, 6) is -0.133. The largest absolute Gasteiger partial charge is 0.416 e. The van der Waals surface area contributed by atoms with Gasteiger partial charge in [-0.1, -0.05) is 27.7 Å². The van der Waals surface area contributed by atoms with E-state index in [1.807, 2.05) is 24.3 Å². The van der Waals surface area contributed by atoms with Gasteiger partial charge >= 0.3 is 6.18 Å². The molecule has 174 valence electrons. The number of nitrogens with one attached hydrogen (secondary N) is 1. The minimum atomic E-state index is -4.48. The lowest BCUT2D eigenvalue weighted by atomic mass is 10.1. The minimum Gasteiger partial charge on any atom is -0.411 e. The van der Waals surface area contributed by atoms with E-state index in [9.17, 15) is 18.0 Å². The molecule has 0 saturated carbocycles. The maximum absolute atomic E-state index is 13.2. The summed E-state index contributed by atoms with van der Waals surface area (Å²) in [6.45, 7) is 1.66. The van der Waals surface area contributed by atoms with Crippen molar-refractivity contribution in [3.05, 3.63) is 52.5 Å². The normalized spacial score (nSPS) is 14.4. The molecule has 0 aliphatic carbocycles. The van der Waals surface area contributed by atoms with Crippen LogP contribution in [-0.2, 0) is 15.7 Å². The summed E-state index contributed by atoms with van der Waals surface area (Å²) in [4.78, 5) is 14.3. The quantitative estimate of drug-likeness (QED) is 0.434. The van der Waals surface area contributed by atoms with Crippen molar-refractivity contribution in [1.82, 2.24) is 10.2 Å². The summed E-state index contributed by atoms with van der Waals surface area (Å²) < 4.78 is 51.4. The number of alkyl halides is 3. The standard InChI is InChI=1S/C21H18BrF3N4O3S/c22-15-4-1-13(2-5-15)19-27-28-20(32-19)33-12-18(30)26-16-6-3-14(21(23,24)25)11-17(16)29-7-9-31-10-8-29/h1-6,11H,7-10,12H2,(H,26,30). The van der Waals surface area contributed by atoms with Crippen LogP contribution in [0.15, 0.2) is 56.6 Å². The van der Waals surface area contributed by atoms with Gasteiger partial charge in [-0.25, -0.2) is 0 Å². The molecule has 1 aliphatic rings. The van der Waals surface area contributed by atoms with E-state index in [0.29, 0.717) is 43.6 Å². The molecular formula is C21H18BrF3N4O3S. The van der Waals surface area contributed by atoms with Crippen molar-refractivity contribution >= 4 is 45.0 Å². The summed E-state index contributed by atoms with van der Waals surface area (Å²) in [6.07, 6.45) is -4.48. The Balaban J connectivity index is 1.43. The summed E-state index contributed by atoms with van der Waals surface area (Å²) in [7, 11) is 0. The van der Waals surface area contributed by atoms with Crippen LogP contribution in [-0.4, -0.2) is 48.2 Å². The average molecular weight is 543 g/mol. The number of halogens is 4. The summed E-state index contributed by atoms with van der Waals surface area (Å²) in [5, 5.41) is 10.8. The van der Waals surface area contributed by atoms with Crippen molar-refractivity contribution in [3.8, 4) is 11.5 Å². The lowest BCUT2D eigenvalue weighted by Gasteiger charge is -2.31. The van der Waals surface area contributed by atoms with Crippen molar-refractivity contribution in [2.24, 2.45) is 0 Å². The minimum absolute atomic E-state index is 0.0501. The van der Waals surface area contributed by atoms with Gasteiger partial charge in [-0.3, -0.25) is 4.79 Å². The summed E-state index contributed by atoms with van der Waals surface area (Å²) in [5.41, 5.74) is 0.572. The second-order valence-corrected chi connectivity index (χ2v) is 8.89. The number of hydrogen-bond acceptors (Lipinski definition) is 7. The molecule has 2 aromatic carbocycles. The zero-order valence-corrected chi connectivity index (χ0v) is 19.5. The van der Waals surface area contributed by atoms with Crippen molar-refractivity contribution in [2.75, 3.05) is 42.3 Å². The molecule has 1 N–H and O–H groups in total. The maximum Gasteiger partial charge on any atom is 0.416 e. The molecule has 0 bridgehead atoms. The van der Waals surface area contributed by atoms with E-state index in [4.69, 9.17) is 9.15 Å². The molecule has 7 nitrogen and oxygen atoms in total. The van der Waals surface area contributed by atoms with E-state index in [2.05, 4.69) is 31.4 Å². The number of aromatic nitrogens is 2. The van der Waals surface area contributed by atoms with Gasteiger partial charge < -0.3 is 19.4 Å². The van der Waals surface area contributed by atoms with E-state index < -0.39 is 17.6 Å². The van der Waals surface area contributed by atoms with Crippen LogP contribution in [0, 0.1) is 0 Å². The van der Waals surface area contributed by atoms with E-state index in [1.165, 1.54) is 6.07 Å². The Morgan fingerprint density at radius 2 is 1.85 bits per heavy atom. The molecule has 33 heavy (non-hydrogen) atoms. The number of nitrogens with zero attached hydrogens (tertiary/aromatic N) is 3. The topological polar surface area (TPSA) is 80.5 Å². The molecule has 2 heterocycles.